The highest BCUT2D eigenvalue weighted by molar-refractivity contribution is 6.05. The van der Waals surface area contributed by atoms with E-state index >= 15 is 0 Å². The topological polar surface area (TPSA) is 78.1 Å². The van der Waals surface area contributed by atoms with E-state index in [0.29, 0.717) is 11.5 Å². The van der Waals surface area contributed by atoms with Crippen LogP contribution in [0.1, 0.15) is 53.4 Å². The highest BCUT2D eigenvalue weighted by Gasteiger charge is 2.26. The van der Waals surface area contributed by atoms with Gasteiger partial charge < -0.3 is 9.15 Å². The van der Waals surface area contributed by atoms with Gasteiger partial charge in [0, 0.05) is 16.6 Å². The molecule has 0 N–H and O–H groups in total. The molecule has 2 aromatic carbocycles. The number of benzene rings is 2. The van der Waals surface area contributed by atoms with E-state index < -0.39 is 6.10 Å². The molecule has 30 heavy (non-hydrogen) atoms. The molecule has 5 rings (SSSR count). The summed E-state index contributed by atoms with van der Waals surface area (Å²) >= 11 is 0. The predicted octanol–water partition coefficient (Wildman–Crippen LogP) is 5.08. The Morgan fingerprint density at radius 3 is 2.63 bits per heavy atom. The van der Waals surface area contributed by atoms with E-state index in [1.807, 2.05) is 54.6 Å². The number of rotatable bonds is 4. The van der Waals surface area contributed by atoms with Gasteiger partial charge in [0.2, 0.25) is 5.89 Å². The van der Waals surface area contributed by atoms with Gasteiger partial charge in [0.25, 0.3) is 5.89 Å². The van der Waals surface area contributed by atoms with Crippen molar-refractivity contribution in [2.45, 2.75) is 38.7 Å². The quantitative estimate of drug-likeness (QED) is 0.445. The van der Waals surface area contributed by atoms with E-state index in [1.165, 1.54) is 0 Å². The minimum absolute atomic E-state index is 0.273. The van der Waals surface area contributed by atoms with Crippen LogP contribution in [0.4, 0.5) is 0 Å². The molecule has 6 nitrogen and oxygen atoms in total. The summed E-state index contributed by atoms with van der Waals surface area (Å²) in [6.07, 6.45) is 3.21. The molecule has 6 heteroatoms. The minimum Gasteiger partial charge on any atom is -0.449 e. The minimum atomic E-state index is -0.659. The van der Waals surface area contributed by atoms with Crippen molar-refractivity contribution >= 4 is 16.9 Å². The molecule has 0 bridgehead atoms. The van der Waals surface area contributed by atoms with Crippen LogP contribution in [0.15, 0.2) is 59.0 Å². The highest BCUT2D eigenvalue weighted by Crippen LogP contribution is 2.31. The maximum absolute atomic E-state index is 13.3. The Kier molecular flexibility index (Phi) is 4.75. The number of pyridine rings is 1. The second-order valence-corrected chi connectivity index (χ2v) is 7.50. The Hall–Kier alpha value is -3.54. The van der Waals surface area contributed by atoms with Gasteiger partial charge in [-0.3, -0.25) is 4.98 Å². The molecule has 1 unspecified atom stereocenters. The number of esters is 1. The van der Waals surface area contributed by atoms with Crippen molar-refractivity contribution in [1.82, 2.24) is 15.2 Å². The van der Waals surface area contributed by atoms with E-state index in [0.717, 1.165) is 53.4 Å². The maximum Gasteiger partial charge on any atom is 0.339 e. The zero-order chi connectivity index (χ0) is 20.5. The molecular weight excluding hydrogens is 378 g/mol. The molecule has 2 aromatic heterocycles. The lowest BCUT2D eigenvalue weighted by Gasteiger charge is -2.20. The van der Waals surface area contributed by atoms with Gasteiger partial charge >= 0.3 is 5.97 Å². The number of carbonyl (C=O) groups excluding carboxylic acids is 1. The van der Waals surface area contributed by atoms with Crippen molar-refractivity contribution in [2.75, 3.05) is 0 Å². The van der Waals surface area contributed by atoms with Gasteiger partial charge in [0.15, 0.2) is 6.10 Å². The molecule has 0 spiro atoms. The zero-order valence-corrected chi connectivity index (χ0v) is 16.7. The average Bonchev–Trinajstić information content (AvgIpc) is 3.28. The molecule has 150 valence electrons. The number of para-hydroxylation sites is 1. The van der Waals surface area contributed by atoms with Crippen molar-refractivity contribution in [3.05, 3.63) is 77.3 Å². The number of nitrogens with zero attached hydrogens (tertiary/aromatic N) is 3. The molecule has 0 amide bonds. The number of hydrogen-bond donors (Lipinski definition) is 0. The summed E-state index contributed by atoms with van der Waals surface area (Å²) in [6.45, 7) is 1.75. The smallest absolute Gasteiger partial charge is 0.339 e. The lowest BCUT2D eigenvalue weighted by atomic mass is 9.90. The predicted molar refractivity (Wildman–Crippen MR) is 112 cm³/mol. The van der Waals surface area contributed by atoms with Crippen LogP contribution in [0.25, 0.3) is 22.4 Å². The summed E-state index contributed by atoms with van der Waals surface area (Å²) in [5.41, 5.74) is 4.27. The number of aryl methyl sites for hydroxylation is 1. The summed E-state index contributed by atoms with van der Waals surface area (Å²) in [6, 6.07) is 17.2. The lowest BCUT2D eigenvalue weighted by Crippen LogP contribution is -2.17. The van der Waals surface area contributed by atoms with Crippen LogP contribution < -0.4 is 0 Å². The fourth-order valence-electron chi connectivity index (χ4n) is 3.97. The second kappa shape index (κ2) is 7.71. The van der Waals surface area contributed by atoms with Gasteiger partial charge in [0.05, 0.1) is 11.1 Å². The first-order valence-electron chi connectivity index (χ1n) is 10.2. The average molecular weight is 399 g/mol. The molecule has 0 fully saturated rings. The summed E-state index contributed by atoms with van der Waals surface area (Å²) in [5.74, 6) is 0.299. The van der Waals surface area contributed by atoms with E-state index in [4.69, 9.17) is 14.1 Å². The first kappa shape index (κ1) is 18.5. The van der Waals surface area contributed by atoms with Gasteiger partial charge in [-0.15, -0.1) is 10.2 Å². The Bertz CT molecular complexity index is 1220. The number of carbonyl (C=O) groups is 1. The van der Waals surface area contributed by atoms with E-state index in [9.17, 15) is 4.79 Å². The molecule has 1 aliphatic carbocycles. The van der Waals surface area contributed by atoms with Crippen molar-refractivity contribution in [1.29, 1.82) is 0 Å². The first-order chi connectivity index (χ1) is 14.7. The molecule has 4 aromatic rings. The van der Waals surface area contributed by atoms with Gasteiger partial charge in [0.1, 0.15) is 0 Å². The van der Waals surface area contributed by atoms with Gasteiger partial charge in [-0.25, -0.2) is 4.79 Å². The van der Waals surface area contributed by atoms with Crippen LogP contribution in [0.5, 0.6) is 0 Å². The normalized spacial score (nSPS) is 14.3. The maximum atomic E-state index is 13.3. The van der Waals surface area contributed by atoms with Crippen LogP contribution >= 0.6 is 0 Å². The van der Waals surface area contributed by atoms with Crippen molar-refractivity contribution in [3.63, 3.8) is 0 Å². The lowest BCUT2D eigenvalue weighted by molar-refractivity contribution is 0.0280. The van der Waals surface area contributed by atoms with Gasteiger partial charge in [-0.1, -0.05) is 36.4 Å². The third-order valence-electron chi connectivity index (χ3n) is 5.47. The monoisotopic (exact) mass is 399 g/mol. The van der Waals surface area contributed by atoms with E-state index in [2.05, 4.69) is 10.2 Å². The zero-order valence-electron chi connectivity index (χ0n) is 16.7. The van der Waals surface area contributed by atoms with Crippen molar-refractivity contribution < 1.29 is 13.9 Å². The molecule has 0 saturated heterocycles. The fourth-order valence-corrected chi connectivity index (χ4v) is 3.97. The number of ether oxygens (including phenoxy) is 1. The number of fused-ring (bicyclic) bond motifs is 2. The number of hydrogen-bond acceptors (Lipinski definition) is 6. The second-order valence-electron chi connectivity index (χ2n) is 7.50. The van der Waals surface area contributed by atoms with Gasteiger partial charge in [-0.2, -0.15) is 0 Å². The van der Waals surface area contributed by atoms with Crippen LogP contribution in [0, 0.1) is 0 Å². The summed E-state index contributed by atoms with van der Waals surface area (Å²) in [4.78, 5) is 18.0. The number of aromatic nitrogens is 3. The van der Waals surface area contributed by atoms with Crippen LogP contribution in [0.3, 0.4) is 0 Å². The Labute approximate surface area is 173 Å². The van der Waals surface area contributed by atoms with E-state index in [-0.39, 0.29) is 11.9 Å². The Balaban J connectivity index is 1.46. The Morgan fingerprint density at radius 2 is 1.77 bits per heavy atom. The molecule has 0 radical (unpaired) electrons. The highest BCUT2D eigenvalue weighted by atomic mass is 16.6. The summed E-state index contributed by atoms with van der Waals surface area (Å²) in [7, 11) is 0. The largest absolute Gasteiger partial charge is 0.449 e. The molecule has 0 saturated carbocycles. The fraction of sp³-hybridized carbons (Fsp3) is 0.250. The van der Waals surface area contributed by atoms with E-state index in [1.54, 1.807) is 6.92 Å². The third-order valence-corrected chi connectivity index (χ3v) is 5.47. The summed E-state index contributed by atoms with van der Waals surface area (Å²) < 4.78 is 11.5. The third kappa shape index (κ3) is 3.34. The SMILES string of the molecule is CC(OC(=O)c1c2c(nc3ccccc13)CCCC2)c1nnc(-c2ccccc2)o1. The van der Waals surface area contributed by atoms with Crippen molar-refractivity contribution in [3.8, 4) is 11.5 Å². The van der Waals surface area contributed by atoms with Gasteiger partial charge in [-0.05, 0) is 56.4 Å². The summed E-state index contributed by atoms with van der Waals surface area (Å²) in [5, 5.41) is 9.00. The van der Waals surface area contributed by atoms with Crippen LogP contribution in [-0.2, 0) is 17.6 Å². The standard InChI is InChI=1S/C24H21N3O3/c1-15(22-26-27-23(30-22)16-9-3-2-4-10-16)29-24(28)21-17-11-5-7-13-19(17)25-20-14-8-6-12-18(20)21/h2-5,7,9-11,13,15H,6,8,12,14H2,1H3. The van der Waals surface area contributed by atoms with Crippen LogP contribution in [0.2, 0.25) is 0 Å². The molecule has 1 atom stereocenters. The molecule has 1 aliphatic rings. The Morgan fingerprint density at radius 1 is 1.00 bits per heavy atom. The molecule has 2 heterocycles. The molecular formula is C24H21N3O3. The molecule has 0 aliphatic heterocycles. The van der Waals surface area contributed by atoms with Crippen LogP contribution in [-0.4, -0.2) is 21.2 Å². The van der Waals surface area contributed by atoms with Crippen molar-refractivity contribution in [2.24, 2.45) is 0 Å². The first-order valence-corrected chi connectivity index (χ1v) is 10.2.